The summed E-state index contributed by atoms with van der Waals surface area (Å²) in [6, 6.07) is 7.22. The highest BCUT2D eigenvalue weighted by atomic mass is 35.5. The van der Waals surface area contributed by atoms with Crippen LogP contribution in [0.1, 0.15) is 24.8 Å². The smallest absolute Gasteiger partial charge is 0.243 e. The standard InChI is InChI=1S/C17H25N3O3S.ClH/c1-13-4-2-3-5-16(13)24(22,23)19-10-8-15-14(12-19)6-7-17(21)20(15)11-9-18;/h2-5,14-15H,6-12,18H2,1H3;1H/t14-,15+;/m0./s1. The Hall–Kier alpha value is -1.15. The molecule has 2 aliphatic rings. The second kappa shape index (κ2) is 8.03. The number of carbonyl (C=O) groups excluding carboxylic acids is 1. The summed E-state index contributed by atoms with van der Waals surface area (Å²) >= 11 is 0. The maximum atomic E-state index is 13.0. The summed E-state index contributed by atoms with van der Waals surface area (Å²) in [6.45, 7) is 3.76. The van der Waals surface area contributed by atoms with Gasteiger partial charge in [0.05, 0.1) is 4.90 Å². The molecule has 1 amide bonds. The summed E-state index contributed by atoms with van der Waals surface area (Å²) in [5.41, 5.74) is 6.40. The average molecular weight is 388 g/mol. The van der Waals surface area contributed by atoms with Gasteiger partial charge in [-0.2, -0.15) is 4.31 Å². The third-order valence-corrected chi connectivity index (χ3v) is 7.21. The number of rotatable bonds is 4. The first-order valence-electron chi connectivity index (χ1n) is 8.50. The average Bonchev–Trinajstić information content (AvgIpc) is 2.57. The van der Waals surface area contributed by atoms with Gasteiger partial charge in [-0.1, -0.05) is 18.2 Å². The molecule has 0 aliphatic carbocycles. The Balaban J connectivity index is 0.00000225. The minimum absolute atomic E-state index is 0. The Labute approximate surface area is 155 Å². The lowest BCUT2D eigenvalue weighted by Crippen LogP contribution is -2.57. The molecular weight excluding hydrogens is 362 g/mol. The van der Waals surface area contributed by atoms with Crippen molar-refractivity contribution in [1.82, 2.24) is 9.21 Å². The molecule has 3 rings (SSSR count). The first-order chi connectivity index (χ1) is 11.4. The summed E-state index contributed by atoms with van der Waals surface area (Å²) in [5, 5.41) is 0. The summed E-state index contributed by atoms with van der Waals surface area (Å²) < 4.78 is 27.5. The van der Waals surface area contributed by atoms with Crippen LogP contribution in [0.5, 0.6) is 0 Å². The van der Waals surface area contributed by atoms with Crippen LogP contribution in [-0.4, -0.2) is 55.8 Å². The molecule has 0 aromatic heterocycles. The summed E-state index contributed by atoms with van der Waals surface area (Å²) in [7, 11) is -3.48. The molecule has 0 spiro atoms. The van der Waals surface area contributed by atoms with Crippen molar-refractivity contribution >= 4 is 28.3 Å². The highest BCUT2D eigenvalue weighted by Crippen LogP contribution is 2.33. The van der Waals surface area contributed by atoms with Crippen LogP contribution in [-0.2, 0) is 14.8 Å². The minimum atomic E-state index is -3.48. The van der Waals surface area contributed by atoms with E-state index < -0.39 is 10.0 Å². The Morgan fingerprint density at radius 3 is 2.64 bits per heavy atom. The van der Waals surface area contributed by atoms with Crippen LogP contribution in [0.4, 0.5) is 0 Å². The van der Waals surface area contributed by atoms with Crippen LogP contribution in [0.2, 0.25) is 0 Å². The van der Waals surface area contributed by atoms with Crippen LogP contribution in [0.25, 0.3) is 0 Å². The molecule has 2 fully saturated rings. The van der Waals surface area contributed by atoms with Crippen molar-refractivity contribution in [2.24, 2.45) is 11.7 Å². The number of fused-ring (bicyclic) bond motifs is 1. The predicted octanol–water partition coefficient (Wildman–Crippen LogP) is 1.38. The zero-order valence-electron chi connectivity index (χ0n) is 14.4. The maximum Gasteiger partial charge on any atom is 0.243 e. The fraction of sp³-hybridized carbons (Fsp3) is 0.588. The van der Waals surface area contributed by atoms with E-state index in [2.05, 4.69) is 0 Å². The number of nitrogens with two attached hydrogens (primary N) is 1. The normalized spacial score (nSPS) is 24.6. The number of amides is 1. The van der Waals surface area contributed by atoms with Gasteiger partial charge in [-0.25, -0.2) is 8.42 Å². The molecule has 1 aromatic carbocycles. The molecular formula is C17H26ClN3O3S. The van der Waals surface area contributed by atoms with E-state index >= 15 is 0 Å². The van der Waals surface area contributed by atoms with Crippen LogP contribution < -0.4 is 5.73 Å². The molecule has 2 N–H and O–H groups in total. The second-order valence-electron chi connectivity index (χ2n) is 6.66. The number of carbonyl (C=O) groups is 1. The van der Waals surface area contributed by atoms with Gasteiger partial charge < -0.3 is 10.6 Å². The van der Waals surface area contributed by atoms with Crippen molar-refractivity contribution in [2.45, 2.75) is 37.1 Å². The van der Waals surface area contributed by atoms with Crippen LogP contribution in [0, 0.1) is 12.8 Å². The third-order valence-electron chi connectivity index (χ3n) is 5.19. The number of piperidine rings is 2. The van der Waals surface area contributed by atoms with Crippen molar-refractivity contribution < 1.29 is 13.2 Å². The fourth-order valence-corrected chi connectivity index (χ4v) is 5.69. The zero-order chi connectivity index (χ0) is 17.3. The van der Waals surface area contributed by atoms with Crippen molar-refractivity contribution in [3.05, 3.63) is 29.8 Å². The molecule has 140 valence electrons. The summed E-state index contributed by atoms with van der Waals surface area (Å²) in [4.78, 5) is 14.4. The molecule has 2 saturated heterocycles. The van der Waals surface area contributed by atoms with Crippen molar-refractivity contribution in [1.29, 1.82) is 0 Å². The topological polar surface area (TPSA) is 83.7 Å². The lowest BCUT2D eigenvalue weighted by molar-refractivity contribution is -0.140. The molecule has 1 aromatic rings. The number of likely N-dealkylation sites (tertiary alicyclic amines) is 1. The van der Waals surface area contributed by atoms with E-state index in [1.54, 1.807) is 16.4 Å². The molecule has 25 heavy (non-hydrogen) atoms. The van der Waals surface area contributed by atoms with Crippen LogP contribution in [0.3, 0.4) is 0 Å². The molecule has 2 aliphatic heterocycles. The highest BCUT2D eigenvalue weighted by Gasteiger charge is 2.42. The van der Waals surface area contributed by atoms with Crippen molar-refractivity contribution in [3.63, 3.8) is 0 Å². The van der Waals surface area contributed by atoms with E-state index in [9.17, 15) is 13.2 Å². The van der Waals surface area contributed by atoms with Gasteiger partial charge in [-0.15, -0.1) is 12.4 Å². The van der Waals surface area contributed by atoms with Crippen LogP contribution >= 0.6 is 12.4 Å². The van der Waals surface area contributed by atoms with Gasteiger partial charge in [-0.3, -0.25) is 4.79 Å². The number of nitrogens with zero attached hydrogens (tertiary/aromatic N) is 2. The maximum absolute atomic E-state index is 13.0. The van der Waals surface area contributed by atoms with Crippen molar-refractivity contribution in [3.8, 4) is 0 Å². The predicted molar refractivity (Wildman–Crippen MR) is 99.1 cm³/mol. The Kier molecular flexibility index (Phi) is 6.48. The lowest BCUT2D eigenvalue weighted by atomic mass is 9.84. The molecule has 2 heterocycles. The van der Waals surface area contributed by atoms with Gasteiger partial charge in [0.25, 0.3) is 0 Å². The molecule has 0 bridgehead atoms. The first-order valence-corrected chi connectivity index (χ1v) is 9.94. The first kappa shape index (κ1) is 20.2. The van der Waals surface area contributed by atoms with E-state index in [0.717, 1.165) is 12.0 Å². The Bertz CT molecular complexity index is 726. The SMILES string of the molecule is Cc1ccccc1S(=O)(=O)N1CC[C@@H]2[C@@H](CCC(=O)N2CCN)C1.Cl. The largest absolute Gasteiger partial charge is 0.338 e. The number of aryl methyl sites for hydroxylation is 1. The summed E-state index contributed by atoms with van der Waals surface area (Å²) in [6.07, 6.45) is 1.92. The number of hydrogen-bond donors (Lipinski definition) is 1. The highest BCUT2D eigenvalue weighted by molar-refractivity contribution is 7.89. The molecule has 6 nitrogen and oxygen atoms in total. The summed E-state index contributed by atoms with van der Waals surface area (Å²) in [5.74, 6) is 0.346. The van der Waals surface area contributed by atoms with E-state index in [1.165, 1.54) is 0 Å². The number of hydrogen-bond acceptors (Lipinski definition) is 4. The van der Waals surface area contributed by atoms with Crippen LogP contribution in [0.15, 0.2) is 29.2 Å². The molecule has 8 heteroatoms. The van der Waals surface area contributed by atoms with E-state index in [0.29, 0.717) is 43.9 Å². The van der Waals surface area contributed by atoms with Gasteiger partial charge in [0, 0.05) is 38.6 Å². The van der Waals surface area contributed by atoms with E-state index in [4.69, 9.17) is 5.73 Å². The van der Waals surface area contributed by atoms with E-state index in [1.807, 2.05) is 24.0 Å². The fourth-order valence-electron chi connectivity index (χ4n) is 3.95. The molecule has 0 unspecified atom stereocenters. The number of benzene rings is 1. The lowest BCUT2D eigenvalue weighted by Gasteiger charge is -2.46. The number of sulfonamides is 1. The monoisotopic (exact) mass is 387 g/mol. The zero-order valence-corrected chi connectivity index (χ0v) is 16.1. The molecule has 0 saturated carbocycles. The van der Waals surface area contributed by atoms with Gasteiger partial charge in [0.1, 0.15) is 0 Å². The van der Waals surface area contributed by atoms with Gasteiger partial charge in [0.15, 0.2) is 0 Å². The number of halogens is 1. The minimum Gasteiger partial charge on any atom is -0.338 e. The Morgan fingerprint density at radius 2 is 1.96 bits per heavy atom. The van der Waals surface area contributed by atoms with E-state index in [-0.39, 0.29) is 30.3 Å². The molecule has 0 radical (unpaired) electrons. The third kappa shape index (κ3) is 3.84. The molecule has 2 atom stereocenters. The van der Waals surface area contributed by atoms with Gasteiger partial charge in [0.2, 0.25) is 15.9 Å². The second-order valence-corrected chi connectivity index (χ2v) is 8.57. The quantitative estimate of drug-likeness (QED) is 0.845. The van der Waals surface area contributed by atoms with Crippen molar-refractivity contribution in [2.75, 3.05) is 26.2 Å². The van der Waals surface area contributed by atoms with Gasteiger partial charge >= 0.3 is 0 Å². The van der Waals surface area contributed by atoms with Gasteiger partial charge in [-0.05, 0) is 37.3 Å². The Morgan fingerprint density at radius 1 is 1.24 bits per heavy atom.